The van der Waals surface area contributed by atoms with Gasteiger partial charge < -0.3 is 0 Å². The Labute approximate surface area is 139 Å². The molecule has 0 aliphatic carbocycles. The van der Waals surface area contributed by atoms with Crippen molar-refractivity contribution in [1.82, 2.24) is 0 Å². The Bertz CT molecular complexity index is 292. The number of rotatable bonds is 11. The van der Waals surface area contributed by atoms with E-state index in [1.165, 1.54) is 69.5 Å². The molecule has 0 aliphatic rings. The third-order valence-corrected chi connectivity index (χ3v) is 4.10. The number of aryl methyl sites for hydroxylation is 1. The molecule has 0 fully saturated rings. The van der Waals surface area contributed by atoms with Crippen molar-refractivity contribution in [1.29, 1.82) is 0 Å². The summed E-state index contributed by atoms with van der Waals surface area (Å²) in [4.78, 5) is 0. The van der Waals surface area contributed by atoms with Crippen LogP contribution in [0.1, 0.15) is 57.9 Å². The predicted octanol–water partition coefficient (Wildman–Crippen LogP) is 5.72. The zero-order valence-electron chi connectivity index (χ0n) is 14.0. The van der Waals surface area contributed by atoms with Gasteiger partial charge in [0.1, 0.15) is 6.71 Å². The molecular weight excluding hydrogens is 234 g/mol. The minimum atomic E-state index is 0. The van der Waals surface area contributed by atoms with Crippen molar-refractivity contribution in [3.05, 3.63) is 35.9 Å². The second-order valence-corrected chi connectivity index (χ2v) is 5.88. The van der Waals surface area contributed by atoms with Crippen molar-refractivity contribution in [3.63, 3.8) is 0 Å². The van der Waals surface area contributed by atoms with Crippen LogP contribution in [0, 0.1) is 0 Å². The van der Waals surface area contributed by atoms with Crippen molar-refractivity contribution < 1.29 is 0 Å². The van der Waals surface area contributed by atoms with Crippen molar-refractivity contribution in [2.24, 2.45) is 0 Å². The Hall–Kier alpha value is -0.118. The molecule has 0 unspecified atom stereocenters. The summed E-state index contributed by atoms with van der Waals surface area (Å²) in [6.07, 6.45) is 14.0. The van der Waals surface area contributed by atoms with Crippen molar-refractivity contribution in [2.75, 3.05) is 0 Å². The molecule has 1 aromatic carbocycles. The molecule has 0 aliphatic heterocycles. The first-order chi connectivity index (χ1) is 9.36. The van der Waals surface area contributed by atoms with E-state index in [1.807, 2.05) is 0 Å². The Kier molecular flexibility index (Phi) is 13.8. The molecule has 0 saturated heterocycles. The van der Waals surface area contributed by atoms with E-state index in [4.69, 9.17) is 0 Å². The van der Waals surface area contributed by atoms with Crippen LogP contribution in [0.2, 0.25) is 19.0 Å². The summed E-state index contributed by atoms with van der Waals surface area (Å²) in [6, 6.07) is 10.9. The van der Waals surface area contributed by atoms with Gasteiger partial charge in [-0.2, -0.15) is 0 Å². The summed E-state index contributed by atoms with van der Waals surface area (Å²) in [7, 11) is 0. The molecule has 1 radical (unpaired) electrons. The maximum atomic E-state index is 2.31. The van der Waals surface area contributed by atoms with Crippen molar-refractivity contribution >= 4 is 25.6 Å². The second kappa shape index (κ2) is 13.8. The standard InChI is InChI=1S/C18H31B.Li/c1-3-5-15-19(16-6-4-2)17-11-10-14-18-12-8-7-9-13-18;/h7-9,12-13H,3-6,10-11,14-17H2,1-2H3;. The van der Waals surface area contributed by atoms with E-state index in [2.05, 4.69) is 44.2 Å². The molecule has 0 amide bonds. The Morgan fingerprint density at radius 2 is 1.30 bits per heavy atom. The minimum Gasteiger partial charge on any atom is -0.0742 e. The van der Waals surface area contributed by atoms with Crippen LogP contribution < -0.4 is 0 Å². The quantitative estimate of drug-likeness (QED) is 0.354. The zero-order chi connectivity index (χ0) is 13.8. The molecule has 0 N–H and O–H groups in total. The van der Waals surface area contributed by atoms with E-state index in [-0.39, 0.29) is 18.9 Å². The van der Waals surface area contributed by atoms with Gasteiger partial charge in [0.15, 0.2) is 0 Å². The maximum absolute atomic E-state index is 2.31. The van der Waals surface area contributed by atoms with Gasteiger partial charge in [-0.05, 0) is 18.4 Å². The van der Waals surface area contributed by atoms with Crippen LogP contribution >= 0.6 is 0 Å². The average molecular weight is 265 g/mol. The molecule has 0 nitrogen and oxygen atoms in total. The summed E-state index contributed by atoms with van der Waals surface area (Å²) in [5.41, 5.74) is 1.50. The van der Waals surface area contributed by atoms with E-state index in [0.717, 1.165) is 6.71 Å². The molecule has 0 atom stereocenters. The zero-order valence-corrected chi connectivity index (χ0v) is 14.0. The van der Waals surface area contributed by atoms with Gasteiger partial charge in [0.25, 0.3) is 0 Å². The van der Waals surface area contributed by atoms with Gasteiger partial charge in [0.05, 0.1) is 0 Å². The van der Waals surface area contributed by atoms with Gasteiger partial charge in [-0.25, -0.2) is 0 Å². The van der Waals surface area contributed by atoms with Gasteiger partial charge in [0.2, 0.25) is 0 Å². The fraction of sp³-hybridized carbons (Fsp3) is 0.667. The number of hydrogen-bond donors (Lipinski definition) is 0. The molecule has 0 bridgehead atoms. The SMILES string of the molecule is CCCCB(CCCC)CCCCc1ccccc1.[Li]. The summed E-state index contributed by atoms with van der Waals surface area (Å²) in [6.45, 7) is 5.62. The third-order valence-electron chi connectivity index (χ3n) is 4.10. The molecule has 0 saturated carbocycles. The predicted molar refractivity (Wildman–Crippen MR) is 95.1 cm³/mol. The largest absolute Gasteiger partial charge is 0.139 e. The monoisotopic (exact) mass is 265 g/mol. The van der Waals surface area contributed by atoms with Crippen molar-refractivity contribution in [3.8, 4) is 0 Å². The molecule has 20 heavy (non-hydrogen) atoms. The van der Waals surface area contributed by atoms with Gasteiger partial charge in [-0.15, -0.1) is 0 Å². The molecule has 2 heteroatoms. The fourth-order valence-electron chi connectivity index (χ4n) is 2.83. The van der Waals surface area contributed by atoms with Crippen molar-refractivity contribution in [2.45, 2.75) is 77.8 Å². The fourth-order valence-corrected chi connectivity index (χ4v) is 2.83. The molecular formula is C18H31BLi. The summed E-state index contributed by atoms with van der Waals surface area (Å²) < 4.78 is 0. The van der Waals surface area contributed by atoms with E-state index >= 15 is 0 Å². The van der Waals surface area contributed by atoms with Gasteiger partial charge in [-0.3, -0.25) is 0 Å². The van der Waals surface area contributed by atoms with E-state index in [1.54, 1.807) is 0 Å². The van der Waals surface area contributed by atoms with Gasteiger partial charge in [-0.1, -0.05) is 95.2 Å². The summed E-state index contributed by atoms with van der Waals surface area (Å²) >= 11 is 0. The number of hydrogen-bond acceptors (Lipinski definition) is 0. The minimum absolute atomic E-state index is 0. The third kappa shape index (κ3) is 9.73. The summed E-state index contributed by atoms with van der Waals surface area (Å²) in [5.74, 6) is 0. The molecule has 0 aromatic heterocycles. The second-order valence-electron chi connectivity index (χ2n) is 5.88. The van der Waals surface area contributed by atoms with Crippen LogP contribution in [0.4, 0.5) is 0 Å². The van der Waals surface area contributed by atoms with E-state index < -0.39 is 0 Å². The first kappa shape index (κ1) is 19.9. The Balaban J connectivity index is 0.00000361. The van der Waals surface area contributed by atoms with Crippen LogP contribution in [-0.4, -0.2) is 25.6 Å². The van der Waals surface area contributed by atoms with Crippen LogP contribution in [0.25, 0.3) is 0 Å². The maximum Gasteiger partial charge on any atom is 0.139 e. The molecule has 1 aromatic rings. The van der Waals surface area contributed by atoms with E-state index in [0.29, 0.717) is 0 Å². The normalized spacial score (nSPS) is 10.1. The Morgan fingerprint density at radius 3 is 1.85 bits per heavy atom. The molecule has 0 heterocycles. The van der Waals surface area contributed by atoms with Crippen LogP contribution in [-0.2, 0) is 6.42 Å². The average Bonchev–Trinajstić information content (AvgIpc) is 2.46. The first-order valence-electron chi connectivity index (χ1n) is 8.40. The van der Waals surface area contributed by atoms with E-state index in [9.17, 15) is 0 Å². The molecule has 1 rings (SSSR count). The van der Waals surface area contributed by atoms with Crippen LogP contribution in [0.5, 0.6) is 0 Å². The molecule has 0 spiro atoms. The first-order valence-corrected chi connectivity index (χ1v) is 8.40. The molecule has 107 valence electrons. The summed E-state index contributed by atoms with van der Waals surface area (Å²) in [5, 5.41) is 0. The number of unbranched alkanes of at least 4 members (excludes halogenated alkanes) is 3. The Morgan fingerprint density at radius 1 is 0.750 bits per heavy atom. The smallest absolute Gasteiger partial charge is 0.0742 e. The van der Waals surface area contributed by atoms with Crippen LogP contribution in [0.3, 0.4) is 0 Å². The number of benzene rings is 1. The van der Waals surface area contributed by atoms with Gasteiger partial charge >= 0.3 is 0 Å². The topological polar surface area (TPSA) is 0 Å². The van der Waals surface area contributed by atoms with Gasteiger partial charge in [0, 0.05) is 18.9 Å². The van der Waals surface area contributed by atoms with Crippen LogP contribution in [0.15, 0.2) is 30.3 Å².